The SMILES string of the molecule is O=C(CC1CC2CCC(C1)N2)Nc1cnccc1Cl. The molecule has 2 N–H and O–H groups in total. The van der Waals surface area contributed by atoms with Gasteiger partial charge in [0.2, 0.25) is 5.91 Å². The van der Waals surface area contributed by atoms with Gasteiger partial charge in [0.15, 0.2) is 0 Å². The van der Waals surface area contributed by atoms with Crippen molar-refractivity contribution < 1.29 is 4.79 Å². The number of carbonyl (C=O) groups is 1. The summed E-state index contributed by atoms with van der Waals surface area (Å²) < 4.78 is 0. The molecule has 2 atom stereocenters. The Morgan fingerprint density at radius 3 is 2.84 bits per heavy atom. The fourth-order valence-electron chi connectivity index (χ4n) is 3.27. The fourth-order valence-corrected chi connectivity index (χ4v) is 3.43. The van der Waals surface area contributed by atoms with Crippen LogP contribution in [0.4, 0.5) is 5.69 Å². The molecular formula is C14H18ClN3O. The summed E-state index contributed by atoms with van der Waals surface area (Å²) >= 11 is 6.00. The van der Waals surface area contributed by atoms with E-state index in [1.807, 2.05) is 0 Å². The number of aromatic nitrogens is 1. The first-order valence-electron chi connectivity index (χ1n) is 6.86. The van der Waals surface area contributed by atoms with Gasteiger partial charge in [-0.2, -0.15) is 0 Å². The molecular weight excluding hydrogens is 262 g/mol. The van der Waals surface area contributed by atoms with Gasteiger partial charge in [-0.25, -0.2) is 0 Å². The number of amides is 1. The molecule has 3 rings (SSSR count). The van der Waals surface area contributed by atoms with Crippen molar-refractivity contribution >= 4 is 23.2 Å². The molecule has 102 valence electrons. The first kappa shape index (κ1) is 12.9. The van der Waals surface area contributed by atoms with Gasteiger partial charge in [0, 0.05) is 24.7 Å². The molecule has 1 amide bonds. The van der Waals surface area contributed by atoms with Gasteiger partial charge in [0.25, 0.3) is 0 Å². The fraction of sp³-hybridized carbons (Fsp3) is 0.571. The summed E-state index contributed by atoms with van der Waals surface area (Å²) in [4.78, 5) is 16.0. The minimum Gasteiger partial charge on any atom is -0.323 e. The van der Waals surface area contributed by atoms with E-state index in [9.17, 15) is 4.79 Å². The van der Waals surface area contributed by atoms with Gasteiger partial charge >= 0.3 is 0 Å². The highest BCUT2D eigenvalue weighted by atomic mass is 35.5. The lowest BCUT2D eigenvalue weighted by atomic mass is 9.89. The molecule has 1 aromatic heterocycles. The molecule has 1 aromatic rings. The second-order valence-corrected chi connectivity index (χ2v) is 5.99. The number of nitrogens with zero attached hydrogens (tertiary/aromatic N) is 1. The number of piperidine rings is 1. The number of hydrogen-bond donors (Lipinski definition) is 2. The highest BCUT2D eigenvalue weighted by Gasteiger charge is 2.34. The van der Waals surface area contributed by atoms with Crippen LogP contribution in [0.5, 0.6) is 0 Å². The van der Waals surface area contributed by atoms with Crippen molar-refractivity contribution in [3.8, 4) is 0 Å². The molecule has 0 radical (unpaired) electrons. The normalized spacial score (nSPS) is 29.2. The minimum atomic E-state index is 0.0428. The average Bonchev–Trinajstić information content (AvgIpc) is 2.72. The Morgan fingerprint density at radius 2 is 2.16 bits per heavy atom. The topological polar surface area (TPSA) is 54.0 Å². The predicted octanol–water partition coefficient (Wildman–Crippen LogP) is 2.59. The van der Waals surface area contributed by atoms with Crippen molar-refractivity contribution in [3.05, 3.63) is 23.5 Å². The van der Waals surface area contributed by atoms with Crippen LogP contribution >= 0.6 is 11.6 Å². The summed E-state index contributed by atoms with van der Waals surface area (Å²) in [6.07, 6.45) is 8.54. The molecule has 0 aromatic carbocycles. The quantitative estimate of drug-likeness (QED) is 0.894. The Kier molecular flexibility index (Phi) is 3.71. The van der Waals surface area contributed by atoms with E-state index in [4.69, 9.17) is 11.6 Å². The van der Waals surface area contributed by atoms with Crippen molar-refractivity contribution in [1.29, 1.82) is 0 Å². The van der Waals surface area contributed by atoms with E-state index in [1.165, 1.54) is 12.8 Å². The Balaban J connectivity index is 1.56. The van der Waals surface area contributed by atoms with E-state index < -0.39 is 0 Å². The van der Waals surface area contributed by atoms with E-state index in [0.717, 1.165) is 12.8 Å². The molecule has 2 bridgehead atoms. The van der Waals surface area contributed by atoms with Crippen molar-refractivity contribution in [2.45, 2.75) is 44.2 Å². The number of carbonyl (C=O) groups excluding carboxylic acids is 1. The van der Waals surface area contributed by atoms with E-state index in [2.05, 4.69) is 15.6 Å². The first-order chi connectivity index (χ1) is 9.20. The summed E-state index contributed by atoms with van der Waals surface area (Å²) in [5.74, 6) is 0.537. The van der Waals surface area contributed by atoms with Crippen LogP contribution in [-0.4, -0.2) is 23.0 Å². The van der Waals surface area contributed by atoms with E-state index in [-0.39, 0.29) is 5.91 Å². The molecule has 0 aliphatic carbocycles. The van der Waals surface area contributed by atoms with Crippen molar-refractivity contribution in [1.82, 2.24) is 10.3 Å². The van der Waals surface area contributed by atoms with Crippen molar-refractivity contribution in [2.75, 3.05) is 5.32 Å². The first-order valence-corrected chi connectivity index (χ1v) is 7.24. The number of hydrogen-bond acceptors (Lipinski definition) is 3. The van der Waals surface area contributed by atoms with Crippen LogP contribution < -0.4 is 10.6 Å². The summed E-state index contributed by atoms with van der Waals surface area (Å²) in [7, 11) is 0. The van der Waals surface area contributed by atoms with E-state index in [0.29, 0.717) is 35.1 Å². The van der Waals surface area contributed by atoms with Crippen molar-refractivity contribution in [3.63, 3.8) is 0 Å². The third kappa shape index (κ3) is 3.07. The third-order valence-corrected chi connectivity index (χ3v) is 4.42. The molecule has 0 saturated carbocycles. The standard InChI is InChI=1S/C14H18ClN3O/c15-12-3-4-16-8-13(12)18-14(19)7-9-5-10-1-2-11(6-9)17-10/h3-4,8-11,17H,1-2,5-7H2,(H,18,19). The molecule has 2 aliphatic heterocycles. The summed E-state index contributed by atoms with van der Waals surface area (Å²) in [6.45, 7) is 0. The van der Waals surface area contributed by atoms with Crippen LogP contribution in [0, 0.1) is 5.92 Å². The smallest absolute Gasteiger partial charge is 0.224 e. The van der Waals surface area contributed by atoms with Crippen LogP contribution in [0.25, 0.3) is 0 Å². The molecule has 2 fully saturated rings. The van der Waals surface area contributed by atoms with Crippen LogP contribution in [-0.2, 0) is 4.79 Å². The molecule has 2 aliphatic rings. The predicted molar refractivity (Wildman–Crippen MR) is 75.2 cm³/mol. The zero-order chi connectivity index (χ0) is 13.2. The number of anilines is 1. The average molecular weight is 280 g/mol. The Hall–Kier alpha value is -1.13. The Labute approximate surface area is 117 Å². The molecule has 0 spiro atoms. The van der Waals surface area contributed by atoms with Crippen LogP contribution in [0.1, 0.15) is 32.1 Å². The monoisotopic (exact) mass is 279 g/mol. The van der Waals surface area contributed by atoms with Crippen LogP contribution in [0.2, 0.25) is 5.02 Å². The lowest BCUT2D eigenvalue weighted by Crippen LogP contribution is -2.39. The number of nitrogens with one attached hydrogen (secondary N) is 2. The van der Waals surface area contributed by atoms with E-state index in [1.54, 1.807) is 18.5 Å². The zero-order valence-electron chi connectivity index (χ0n) is 10.7. The Bertz CT molecular complexity index is 468. The van der Waals surface area contributed by atoms with Crippen LogP contribution in [0.15, 0.2) is 18.5 Å². The second kappa shape index (κ2) is 5.47. The number of rotatable bonds is 3. The Morgan fingerprint density at radius 1 is 1.42 bits per heavy atom. The maximum Gasteiger partial charge on any atom is 0.224 e. The summed E-state index contributed by atoms with van der Waals surface area (Å²) in [5, 5.41) is 6.98. The molecule has 2 unspecified atom stereocenters. The summed E-state index contributed by atoms with van der Waals surface area (Å²) in [6, 6.07) is 2.93. The lowest BCUT2D eigenvalue weighted by molar-refractivity contribution is -0.117. The largest absolute Gasteiger partial charge is 0.323 e. The zero-order valence-corrected chi connectivity index (χ0v) is 11.5. The maximum absolute atomic E-state index is 12.0. The van der Waals surface area contributed by atoms with Crippen LogP contribution in [0.3, 0.4) is 0 Å². The second-order valence-electron chi connectivity index (χ2n) is 5.58. The maximum atomic E-state index is 12.0. The number of halogens is 1. The lowest BCUT2D eigenvalue weighted by Gasteiger charge is -2.28. The molecule has 3 heterocycles. The van der Waals surface area contributed by atoms with Gasteiger partial charge < -0.3 is 10.6 Å². The van der Waals surface area contributed by atoms with E-state index >= 15 is 0 Å². The van der Waals surface area contributed by atoms with Gasteiger partial charge in [-0.3, -0.25) is 9.78 Å². The molecule has 2 saturated heterocycles. The van der Waals surface area contributed by atoms with Crippen molar-refractivity contribution in [2.24, 2.45) is 5.92 Å². The number of pyridine rings is 1. The number of fused-ring (bicyclic) bond motifs is 2. The summed E-state index contributed by atoms with van der Waals surface area (Å²) in [5.41, 5.74) is 0.603. The molecule has 5 heteroatoms. The van der Waals surface area contributed by atoms with Gasteiger partial charge in [0.05, 0.1) is 16.9 Å². The third-order valence-electron chi connectivity index (χ3n) is 4.09. The molecule has 4 nitrogen and oxygen atoms in total. The minimum absolute atomic E-state index is 0.0428. The van der Waals surface area contributed by atoms with Gasteiger partial charge in [-0.15, -0.1) is 0 Å². The van der Waals surface area contributed by atoms with Gasteiger partial charge in [-0.1, -0.05) is 11.6 Å². The highest BCUT2D eigenvalue weighted by molar-refractivity contribution is 6.33. The molecule has 19 heavy (non-hydrogen) atoms. The van der Waals surface area contributed by atoms with Gasteiger partial charge in [0.1, 0.15) is 0 Å². The van der Waals surface area contributed by atoms with Gasteiger partial charge in [-0.05, 0) is 37.7 Å². The highest BCUT2D eigenvalue weighted by Crippen LogP contribution is 2.33.